The zero-order valence-corrected chi connectivity index (χ0v) is 9.96. The molecule has 1 nitrogen and oxygen atoms in total. The van der Waals surface area contributed by atoms with Gasteiger partial charge < -0.3 is 4.90 Å². The van der Waals surface area contributed by atoms with Crippen LogP contribution in [-0.4, -0.2) is 25.0 Å². The summed E-state index contributed by atoms with van der Waals surface area (Å²) >= 11 is 0. The Bertz CT molecular complexity index is 211. The maximum absolute atomic E-state index is 3.72. The van der Waals surface area contributed by atoms with Gasteiger partial charge in [-0.3, -0.25) is 0 Å². The molecular formula is C13H23N. The van der Waals surface area contributed by atoms with E-state index in [-0.39, 0.29) is 0 Å². The molecule has 0 aromatic rings. The van der Waals surface area contributed by atoms with E-state index in [1.54, 1.807) is 0 Å². The molecule has 0 aliphatic carbocycles. The molecule has 0 rings (SSSR count). The van der Waals surface area contributed by atoms with E-state index in [0.717, 1.165) is 6.42 Å². The van der Waals surface area contributed by atoms with E-state index < -0.39 is 0 Å². The molecule has 0 saturated carbocycles. The van der Waals surface area contributed by atoms with Crippen molar-refractivity contribution in [3.8, 4) is 0 Å². The Balaban J connectivity index is 4.07. The molecule has 0 heterocycles. The lowest BCUT2D eigenvalue weighted by molar-refractivity contribution is 0.299. The molecule has 0 amide bonds. The van der Waals surface area contributed by atoms with Gasteiger partial charge in [-0.25, -0.2) is 0 Å². The highest BCUT2D eigenvalue weighted by atomic mass is 15.1. The van der Waals surface area contributed by atoms with Gasteiger partial charge in [0.15, 0.2) is 0 Å². The number of hydrogen-bond donors (Lipinski definition) is 0. The molecule has 0 fully saturated rings. The van der Waals surface area contributed by atoms with Crippen LogP contribution in [0.2, 0.25) is 0 Å². The van der Waals surface area contributed by atoms with Gasteiger partial charge in [-0.15, -0.1) is 0 Å². The second-order valence-corrected chi connectivity index (χ2v) is 3.83. The summed E-state index contributed by atoms with van der Waals surface area (Å²) in [7, 11) is 4.24. The van der Waals surface area contributed by atoms with Crippen molar-refractivity contribution < 1.29 is 0 Å². The van der Waals surface area contributed by atoms with Crippen molar-refractivity contribution in [3.63, 3.8) is 0 Å². The fourth-order valence-electron chi connectivity index (χ4n) is 1.22. The van der Waals surface area contributed by atoms with Gasteiger partial charge in [0.25, 0.3) is 0 Å². The van der Waals surface area contributed by atoms with Crippen LogP contribution in [0.1, 0.15) is 26.7 Å². The van der Waals surface area contributed by atoms with Crippen LogP contribution >= 0.6 is 0 Å². The van der Waals surface area contributed by atoms with Crippen LogP contribution in [0.25, 0.3) is 0 Å². The first kappa shape index (κ1) is 13.2. The van der Waals surface area contributed by atoms with Gasteiger partial charge in [-0.05, 0) is 46.4 Å². The first-order valence-corrected chi connectivity index (χ1v) is 5.22. The largest absolute Gasteiger partial charge is 0.307 e. The lowest BCUT2D eigenvalue weighted by atomic mass is 10.1. The zero-order chi connectivity index (χ0) is 11.0. The van der Waals surface area contributed by atoms with Crippen molar-refractivity contribution >= 4 is 0 Å². The van der Waals surface area contributed by atoms with Crippen molar-refractivity contribution in [2.45, 2.75) is 32.7 Å². The van der Waals surface area contributed by atoms with Crippen LogP contribution in [0.5, 0.6) is 0 Å². The quantitative estimate of drug-likeness (QED) is 0.584. The fourth-order valence-corrected chi connectivity index (χ4v) is 1.22. The second kappa shape index (κ2) is 7.57. The molecule has 0 N–H and O–H groups in total. The molecular weight excluding hydrogens is 170 g/mol. The molecule has 1 heteroatoms. The van der Waals surface area contributed by atoms with Gasteiger partial charge in [0, 0.05) is 6.04 Å². The van der Waals surface area contributed by atoms with Gasteiger partial charge in [0.1, 0.15) is 0 Å². The Morgan fingerprint density at radius 3 is 2.50 bits per heavy atom. The van der Waals surface area contributed by atoms with Crippen LogP contribution < -0.4 is 0 Å². The average Bonchev–Trinajstić information content (AvgIpc) is 2.14. The van der Waals surface area contributed by atoms with Gasteiger partial charge in [0.2, 0.25) is 0 Å². The van der Waals surface area contributed by atoms with E-state index in [1.165, 1.54) is 12.0 Å². The first-order valence-electron chi connectivity index (χ1n) is 5.22. The smallest absolute Gasteiger partial charge is 0.00640 e. The maximum atomic E-state index is 3.72. The summed E-state index contributed by atoms with van der Waals surface area (Å²) in [5.41, 5.74) is 1.36. The number of rotatable bonds is 6. The van der Waals surface area contributed by atoms with Crippen LogP contribution in [-0.2, 0) is 0 Å². The van der Waals surface area contributed by atoms with E-state index >= 15 is 0 Å². The molecule has 0 saturated heterocycles. The summed E-state index contributed by atoms with van der Waals surface area (Å²) in [5, 5.41) is 0. The van der Waals surface area contributed by atoms with Crippen LogP contribution in [0, 0.1) is 0 Å². The third-order valence-corrected chi connectivity index (χ3v) is 2.45. The first-order chi connectivity index (χ1) is 6.61. The predicted molar refractivity (Wildman–Crippen MR) is 65.5 cm³/mol. The topological polar surface area (TPSA) is 3.24 Å². The van der Waals surface area contributed by atoms with Gasteiger partial charge in [-0.2, -0.15) is 0 Å². The van der Waals surface area contributed by atoms with Gasteiger partial charge in [0.05, 0.1) is 0 Å². The SMILES string of the molecule is C=C/C=C(\C=C/C)CCC(C)N(C)C. The van der Waals surface area contributed by atoms with Crippen molar-refractivity contribution in [2.24, 2.45) is 0 Å². The van der Waals surface area contributed by atoms with Crippen molar-refractivity contribution in [3.05, 3.63) is 36.5 Å². The van der Waals surface area contributed by atoms with Crippen LogP contribution in [0.3, 0.4) is 0 Å². The number of hydrogen-bond acceptors (Lipinski definition) is 1. The minimum atomic E-state index is 0.633. The lowest BCUT2D eigenvalue weighted by Crippen LogP contribution is -2.24. The van der Waals surface area contributed by atoms with Crippen molar-refractivity contribution in [1.82, 2.24) is 4.90 Å². The summed E-state index contributed by atoms with van der Waals surface area (Å²) in [6.45, 7) is 8.02. The van der Waals surface area contributed by atoms with Crippen molar-refractivity contribution in [2.75, 3.05) is 14.1 Å². The standard InChI is InChI=1S/C13H23N/c1-6-8-13(9-7-2)11-10-12(3)14(4)5/h6-9,12H,1,10-11H2,2-5H3/b9-7-,13-8+. The molecule has 1 atom stereocenters. The number of allylic oxidation sites excluding steroid dienone is 5. The molecule has 0 bridgehead atoms. The molecule has 14 heavy (non-hydrogen) atoms. The molecule has 0 spiro atoms. The molecule has 0 aliphatic heterocycles. The van der Waals surface area contributed by atoms with Crippen LogP contribution in [0.15, 0.2) is 36.5 Å². The lowest BCUT2D eigenvalue weighted by Gasteiger charge is -2.19. The second-order valence-electron chi connectivity index (χ2n) is 3.83. The summed E-state index contributed by atoms with van der Waals surface area (Å²) < 4.78 is 0. The fraction of sp³-hybridized carbons (Fsp3) is 0.538. The van der Waals surface area contributed by atoms with Crippen LogP contribution in [0.4, 0.5) is 0 Å². The average molecular weight is 193 g/mol. The maximum Gasteiger partial charge on any atom is 0.00640 e. The zero-order valence-electron chi connectivity index (χ0n) is 9.96. The van der Waals surface area contributed by atoms with Gasteiger partial charge in [-0.1, -0.05) is 30.9 Å². The van der Waals surface area contributed by atoms with E-state index in [1.807, 2.05) is 13.0 Å². The van der Waals surface area contributed by atoms with Gasteiger partial charge >= 0.3 is 0 Å². The Kier molecular flexibility index (Phi) is 7.13. The van der Waals surface area contributed by atoms with E-state index in [2.05, 4.69) is 50.7 Å². The molecule has 0 radical (unpaired) electrons. The molecule has 0 aliphatic rings. The van der Waals surface area contributed by atoms with E-state index in [0.29, 0.717) is 6.04 Å². The highest BCUT2D eigenvalue weighted by Crippen LogP contribution is 2.11. The summed E-state index contributed by atoms with van der Waals surface area (Å²) in [6.07, 6.45) is 10.5. The van der Waals surface area contributed by atoms with Crippen molar-refractivity contribution in [1.29, 1.82) is 0 Å². The third kappa shape index (κ3) is 5.76. The minimum absolute atomic E-state index is 0.633. The molecule has 0 aromatic carbocycles. The molecule has 80 valence electrons. The van der Waals surface area contributed by atoms with E-state index in [4.69, 9.17) is 0 Å². The monoisotopic (exact) mass is 193 g/mol. The Morgan fingerprint density at radius 1 is 1.43 bits per heavy atom. The summed E-state index contributed by atoms with van der Waals surface area (Å²) in [4.78, 5) is 2.25. The molecule has 0 aromatic heterocycles. The predicted octanol–water partition coefficient (Wildman–Crippen LogP) is 3.41. The normalized spacial score (nSPS) is 15.1. The Hall–Kier alpha value is -0.820. The summed E-state index contributed by atoms with van der Waals surface area (Å²) in [5.74, 6) is 0. The summed E-state index contributed by atoms with van der Waals surface area (Å²) in [6, 6.07) is 0.633. The Morgan fingerprint density at radius 2 is 2.07 bits per heavy atom. The highest BCUT2D eigenvalue weighted by molar-refractivity contribution is 5.22. The Labute approximate surface area is 88.8 Å². The minimum Gasteiger partial charge on any atom is -0.307 e. The third-order valence-electron chi connectivity index (χ3n) is 2.45. The molecule has 1 unspecified atom stereocenters. The van der Waals surface area contributed by atoms with E-state index in [9.17, 15) is 0 Å². The highest BCUT2D eigenvalue weighted by Gasteiger charge is 2.04. The number of nitrogens with zero attached hydrogens (tertiary/aromatic N) is 1.